The summed E-state index contributed by atoms with van der Waals surface area (Å²) in [5.74, 6) is 0. The monoisotopic (exact) mass is 253 g/mol. The number of anilines is 1. The molecule has 0 spiro atoms. The molecule has 0 amide bonds. The lowest BCUT2D eigenvalue weighted by Gasteiger charge is -2.09. The summed E-state index contributed by atoms with van der Waals surface area (Å²) >= 11 is 0. The van der Waals surface area contributed by atoms with Gasteiger partial charge in [0.15, 0.2) is 0 Å². The minimum atomic E-state index is -0.000437. The molecule has 0 radical (unpaired) electrons. The van der Waals surface area contributed by atoms with Crippen LogP contribution < -0.4 is 10.9 Å². The molecule has 0 aliphatic rings. The van der Waals surface area contributed by atoms with Crippen LogP contribution in [0, 0.1) is 11.3 Å². The molecule has 0 saturated carbocycles. The van der Waals surface area contributed by atoms with Gasteiger partial charge >= 0.3 is 0 Å². The van der Waals surface area contributed by atoms with E-state index in [1.165, 1.54) is 0 Å². The van der Waals surface area contributed by atoms with E-state index in [1.807, 2.05) is 25.1 Å². The van der Waals surface area contributed by atoms with Gasteiger partial charge in [0, 0.05) is 25.4 Å². The number of rotatable bonds is 4. The molecule has 96 valence electrons. The third-order valence-electron chi connectivity index (χ3n) is 2.88. The van der Waals surface area contributed by atoms with E-state index in [4.69, 9.17) is 5.26 Å². The van der Waals surface area contributed by atoms with Crippen LogP contribution in [0.25, 0.3) is 0 Å². The first-order valence-electron chi connectivity index (χ1n) is 6.16. The smallest absolute Gasteiger partial charge is 0.250 e. The molecule has 1 N–H and O–H groups in total. The van der Waals surface area contributed by atoms with Crippen LogP contribution in [0.3, 0.4) is 0 Å². The molecule has 0 saturated heterocycles. The molecule has 0 aliphatic carbocycles. The molecule has 4 nitrogen and oxygen atoms in total. The van der Waals surface area contributed by atoms with Crippen molar-refractivity contribution in [2.24, 2.45) is 0 Å². The Morgan fingerprint density at radius 2 is 2.16 bits per heavy atom. The van der Waals surface area contributed by atoms with Gasteiger partial charge in [0.05, 0.1) is 17.3 Å². The normalized spacial score (nSPS) is 9.89. The molecule has 1 aromatic carbocycles. The largest absolute Gasteiger partial charge is 0.380 e. The highest BCUT2D eigenvalue weighted by molar-refractivity contribution is 5.42. The van der Waals surface area contributed by atoms with Gasteiger partial charge in [-0.1, -0.05) is 12.1 Å². The van der Waals surface area contributed by atoms with Crippen LogP contribution in [0.15, 0.2) is 47.4 Å². The number of hydrogen-bond acceptors (Lipinski definition) is 3. The van der Waals surface area contributed by atoms with Crippen molar-refractivity contribution in [1.82, 2.24) is 4.57 Å². The zero-order valence-electron chi connectivity index (χ0n) is 10.8. The number of nitrogens with zero attached hydrogens (tertiary/aromatic N) is 2. The van der Waals surface area contributed by atoms with E-state index in [0.29, 0.717) is 18.7 Å². The van der Waals surface area contributed by atoms with Crippen LogP contribution in [0.5, 0.6) is 0 Å². The quantitative estimate of drug-likeness (QED) is 0.910. The second-order valence-electron chi connectivity index (χ2n) is 4.21. The van der Waals surface area contributed by atoms with Crippen molar-refractivity contribution >= 4 is 5.69 Å². The highest BCUT2D eigenvalue weighted by atomic mass is 16.1. The molecule has 0 unspecified atom stereocenters. The number of benzene rings is 1. The van der Waals surface area contributed by atoms with Crippen LogP contribution in [-0.4, -0.2) is 4.57 Å². The molecular weight excluding hydrogens is 238 g/mol. The zero-order chi connectivity index (χ0) is 13.7. The van der Waals surface area contributed by atoms with Gasteiger partial charge < -0.3 is 9.88 Å². The maximum absolute atomic E-state index is 11.5. The fourth-order valence-corrected chi connectivity index (χ4v) is 1.84. The van der Waals surface area contributed by atoms with Crippen molar-refractivity contribution in [3.8, 4) is 6.07 Å². The SMILES string of the molecule is CCn1cc(NCc2cccc(C#N)c2)ccc1=O. The molecule has 0 atom stereocenters. The molecule has 0 aliphatic heterocycles. The minimum absolute atomic E-state index is 0.000437. The zero-order valence-corrected chi connectivity index (χ0v) is 10.8. The maximum Gasteiger partial charge on any atom is 0.250 e. The number of hydrogen-bond donors (Lipinski definition) is 1. The van der Waals surface area contributed by atoms with Crippen LogP contribution in [0.1, 0.15) is 18.1 Å². The van der Waals surface area contributed by atoms with E-state index in [1.54, 1.807) is 29.0 Å². The highest BCUT2D eigenvalue weighted by Crippen LogP contribution is 2.09. The van der Waals surface area contributed by atoms with E-state index < -0.39 is 0 Å². The molecular formula is C15H15N3O. The van der Waals surface area contributed by atoms with Crippen molar-refractivity contribution in [3.63, 3.8) is 0 Å². The van der Waals surface area contributed by atoms with Crippen LogP contribution in [0.4, 0.5) is 5.69 Å². The summed E-state index contributed by atoms with van der Waals surface area (Å²) in [6.07, 6.45) is 1.80. The Labute approximate surface area is 111 Å². The minimum Gasteiger partial charge on any atom is -0.380 e. The van der Waals surface area contributed by atoms with Crippen LogP contribution in [0.2, 0.25) is 0 Å². The molecule has 0 bridgehead atoms. The Bertz CT molecular complexity index is 668. The number of pyridine rings is 1. The fourth-order valence-electron chi connectivity index (χ4n) is 1.84. The van der Waals surface area contributed by atoms with Crippen molar-refractivity contribution in [3.05, 3.63) is 64.1 Å². The first kappa shape index (κ1) is 12.9. The predicted octanol–water partition coefficient (Wildman–Crippen LogP) is 2.35. The standard InChI is InChI=1S/C15H15N3O/c1-2-18-11-14(6-7-15(18)19)17-10-13-5-3-4-12(8-13)9-16/h3-8,11,17H,2,10H2,1H3. The molecule has 4 heteroatoms. The Hall–Kier alpha value is -2.54. The summed E-state index contributed by atoms with van der Waals surface area (Å²) in [6.45, 7) is 3.21. The second kappa shape index (κ2) is 5.87. The average molecular weight is 253 g/mol. The molecule has 19 heavy (non-hydrogen) atoms. The number of aromatic nitrogens is 1. The lowest BCUT2D eigenvalue weighted by Crippen LogP contribution is -2.17. The molecule has 2 aromatic rings. The van der Waals surface area contributed by atoms with Crippen molar-refractivity contribution in [2.45, 2.75) is 20.0 Å². The number of nitriles is 1. The van der Waals surface area contributed by atoms with Crippen LogP contribution in [-0.2, 0) is 13.1 Å². The third-order valence-corrected chi connectivity index (χ3v) is 2.88. The molecule has 1 heterocycles. The third kappa shape index (κ3) is 3.23. The summed E-state index contributed by atoms with van der Waals surface area (Å²) in [6, 6.07) is 12.9. The van der Waals surface area contributed by atoms with E-state index in [-0.39, 0.29) is 5.56 Å². The molecule has 1 aromatic heterocycles. The summed E-state index contributed by atoms with van der Waals surface area (Å²) < 4.78 is 1.65. The van der Waals surface area contributed by atoms with Crippen molar-refractivity contribution < 1.29 is 0 Å². The van der Waals surface area contributed by atoms with Gasteiger partial charge in [0.1, 0.15) is 0 Å². The van der Waals surface area contributed by atoms with Gasteiger partial charge in [0.25, 0.3) is 5.56 Å². The van der Waals surface area contributed by atoms with E-state index in [2.05, 4.69) is 11.4 Å². The Balaban J connectivity index is 2.10. The Morgan fingerprint density at radius 1 is 1.32 bits per heavy atom. The van der Waals surface area contributed by atoms with Crippen molar-refractivity contribution in [2.75, 3.05) is 5.32 Å². The van der Waals surface area contributed by atoms with E-state index >= 15 is 0 Å². The highest BCUT2D eigenvalue weighted by Gasteiger charge is 1.98. The number of nitrogens with one attached hydrogen (secondary N) is 1. The van der Waals surface area contributed by atoms with Gasteiger partial charge in [-0.05, 0) is 30.7 Å². The summed E-state index contributed by atoms with van der Waals surface area (Å²) in [7, 11) is 0. The second-order valence-corrected chi connectivity index (χ2v) is 4.21. The molecule has 0 fully saturated rings. The van der Waals surface area contributed by atoms with Gasteiger partial charge in [-0.2, -0.15) is 5.26 Å². The Kier molecular flexibility index (Phi) is 3.99. The number of aryl methyl sites for hydroxylation is 1. The first-order valence-corrected chi connectivity index (χ1v) is 6.16. The predicted molar refractivity (Wildman–Crippen MR) is 74.9 cm³/mol. The van der Waals surface area contributed by atoms with E-state index in [9.17, 15) is 4.79 Å². The summed E-state index contributed by atoms with van der Waals surface area (Å²) in [5, 5.41) is 12.1. The maximum atomic E-state index is 11.5. The average Bonchev–Trinajstić information content (AvgIpc) is 2.46. The Morgan fingerprint density at radius 3 is 2.89 bits per heavy atom. The van der Waals surface area contributed by atoms with Gasteiger partial charge in [-0.25, -0.2) is 0 Å². The lowest BCUT2D eigenvalue weighted by atomic mass is 10.1. The van der Waals surface area contributed by atoms with Gasteiger partial charge in [-0.3, -0.25) is 4.79 Å². The summed E-state index contributed by atoms with van der Waals surface area (Å²) in [4.78, 5) is 11.5. The van der Waals surface area contributed by atoms with Crippen molar-refractivity contribution in [1.29, 1.82) is 5.26 Å². The van der Waals surface area contributed by atoms with Crippen LogP contribution >= 0.6 is 0 Å². The first-order chi connectivity index (χ1) is 9.22. The van der Waals surface area contributed by atoms with Gasteiger partial charge in [-0.15, -0.1) is 0 Å². The summed E-state index contributed by atoms with van der Waals surface area (Å²) in [5.41, 5.74) is 2.58. The lowest BCUT2D eigenvalue weighted by molar-refractivity contribution is 0.727. The molecule has 2 rings (SSSR count). The van der Waals surface area contributed by atoms with Gasteiger partial charge in [0.2, 0.25) is 0 Å². The fraction of sp³-hybridized carbons (Fsp3) is 0.200. The van der Waals surface area contributed by atoms with E-state index in [0.717, 1.165) is 11.3 Å². The topological polar surface area (TPSA) is 57.8 Å².